The zero-order valence-electron chi connectivity index (χ0n) is 5.09. The molecule has 0 spiro atoms. The Kier molecular flexibility index (Phi) is 1.87. The summed E-state index contributed by atoms with van der Waals surface area (Å²) >= 11 is 0. The molecule has 0 saturated heterocycles. The molecule has 0 unspecified atom stereocenters. The molecule has 0 aromatic carbocycles. The van der Waals surface area contributed by atoms with Crippen molar-refractivity contribution in [2.24, 2.45) is 5.73 Å². The number of aromatic amines is 1. The van der Waals surface area contributed by atoms with E-state index in [4.69, 9.17) is 10.8 Å². The highest BCUT2D eigenvalue weighted by Crippen LogP contribution is 2.00. The van der Waals surface area contributed by atoms with Crippen LogP contribution in [-0.4, -0.2) is 10.1 Å². The average Bonchev–Trinajstić information content (AvgIpc) is 2.34. The number of aliphatic hydroxyl groups excluding tert-OH is 1. The van der Waals surface area contributed by atoms with Crippen LogP contribution in [-0.2, 0) is 13.2 Å². The van der Waals surface area contributed by atoms with Gasteiger partial charge >= 0.3 is 0 Å². The van der Waals surface area contributed by atoms with Crippen molar-refractivity contribution in [3.8, 4) is 0 Å². The summed E-state index contributed by atoms with van der Waals surface area (Å²) in [7, 11) is 0. The van der Waals surface area contributed by atoms with Crippen LogP contribution in [0.15, 0.2) is 12.3 Å². The average molecular weight is 126 g/mol. The number of H-pyrrole nitrogens is 1. The molecule has 3 nitrogen and oxygen atoms in total. The number of nitrogens with two attached hydrogens (primary N) is 1. The van der Waals surface area contributed by atoms with Crippen LogP contribution in [0, 0.1) is 0 Å². The number of hydrogen-bond acceptors (Lipinski definition) is 2. The molecule has 0 fully saturated rings. The van der Waals surface area contributed by atoms with Crippen LogP contribution in [0.5, 0.6) is 0 Å². The molecule has 1 aromatic heterocycles. The Hall–Kier alpha value is -0.800. The van der Waals surface area contributed by atoms with Crippen molar-refractivity contribution in [2.75, 3.05) is 0 Å². The van der Waals surface area contributed by atoms with Gasteiger partial charge in [-0.1, -0.05) is 0 Å². The monoisotopic (exact) mass is 126 g/mol. The number of aliphatic hydroxyl groups is 1. The van der Waals surface area contributed by atoms with Crippen LogP contribution in [0.2, 0.25) is 0 Å². The fourth-order valence-corrected chi connectivity index (χ4v) is 0.702. The summed E-state index contributed by atoms with van der Waals surface area (Å²) in [5.74, 6) is 0. The Morgan fingerprint density at radius 3 is 2.78 bits per heavy atom. The van der Waals surface area contributed by atoms with E-state index in [0.717, 1.165) is 11.3 Å². The predicted octanol–water partition coefficient (Wildman–Crippen LogP) is -0.0343. The summed E-state index contributed by atoms with van der Waals surface area (Å²) < 4.78 is 0. The maximum absolute atomic E-state index is 8.59. The van der Waals surface area contributed by atoms with Crippen LogP contribution in [0.4, 0.5) is 0 Å². The van der Waals surface area contributed by atoms with Gasteiger partial charge in [0.15, 0.2) is 0 Å². The quantitative estimate of drug-likeness (QED) is 0.521. The van der Waals surface area contributed by atoms with Gasteiger partial charge in [-0.3, -0.25) is 0 Å². The molecule has 1 rings (SSSR count). The van der Waals surface area contributed by atoms with E-state index in [2.05, 4.69) is 4.98 Å². The molecule has 9 heavy (non-hydrogen) atoms. The summed E-state index contributed by atoms with van der Waals surface area (Å²) in [6.45, 7) is 0.580. The molecule has 0 atom stereocenters. The minimum atomic E-state index is 0.0799. The highest BCUT2D eigenvalue weighted by Gasteiger charge is 1.92. The normalized spacial score (nSPS) is 10.0. The van der Waals surface area contributed by atoms with Crippen molar-refractivity contribution in [1.29, 1.82) is 0 Å². The van der Waals surface area contributed by atoms with Crippen LogP contribution in [0.25, 0.3) is 0 Å². The van der Waals surface area contributed by atoms with Gasteiger partial charge in [0.2, 0.25) is 0 Å². The van der Waals surface area contributed by atoms with Gasteiger partial charge in [-0.2, -0.15) is 0 Å². The first-order valence-electron chi connectivity index (χ1n) is 2.84. The number of nitrogens with one attached hydrogen (secondary N) is 1. The van der Waals surface area contributed by atoms with Gasteiger partial charge in [0.25, 0.3) is 0 Å². The SMILES string of the molecule is NCc1cc(CO)c[nH]1. The molecule has 4 N–H and O–H groups in total. The van der Waals surface area contributed by atoms with E-state index < -0.39 is 0 Å². The topological polar surface area (TPSA) is 62.0 Å². The fraction of sp³-hybridized carbons (Fsp3) is 0.333. The van der Waals surface area contributed by atoms with E-state index in [-0.39, 0.29) is 6.61 Å². The lowest BCUT2D eigenvalue weighted by Gasteiger charge is -1.84. The van der Waals surface area contributed by atoms with Crippen molar-refractivity contribution in [1.82, 2.24) is 4.98 Å². The van der Waals surface area contributed by atoms with Gasteiger partial charge in [-0.15, -0.1) is 0 Å². The third kappa shape index (κ3) is 1.31. The Morgan fingerprint density at radius 2 is 2.44 bits per heavy atom. The zero-order chi connectivity index (χ0) is 6.69. The lowest BCUT2D eigenvalue weighted by Crippen LogP contribution is -1.94. The Balaban J connectivity index is 2.74. The molecule has 0 bridgehead atoms. The first kappa shape index (κ1) is 6.32. The van der Waals surface area contributed by atoms with Crippen LogP contribution < -0.4 is 5.73 Å². The molecular formula is C6H10N2O. The first-order chi connectivity index (χ1) is 4.36. The third-order valence-corrected chi connectivity index (χ3v) is 1.21. The van der Waals surface area contributed by atoms with Gasteiger partial charge < -0.3 is 15.8 Å². The fourth-order valence-electron chi connectivity index (χ4n) is 0.702. The smallest absolute Gasteiger partial charge is 0.0696 e. The highest BCUT2D eigenvalue weighted by molar-refractivity contribution is 5.15. The van der Waals surface area contributed by atoms with E-state index in [1.165, 1.54) is 0 Å². The van der Waals surface area contributed by atoms with Crippen LogP contribution in [0.3, 0.4) is 0 Å². The zero-order valence-corrected chi connectivity index (χ0v) is 5.09. The standard InChI is InChI=1S/C6H10N2O/c7-2-6-1-5(4-9)3-8-6/h1,3,8-9H,2,4,7H2. The number of aromatic nitrogens is 1. The van der Waals surface area contributed by atoms with Crippen molar-refractivity contribution >= 4 is 0 Å². The van der Waals surface area contributed by atoms with Gasteiger partial charge in [-0.05, 0) is 11.6 Å². The van der Waals surface area contributed by atoms with Gasteiger partial charge in [0.1, 0.15) is 0 Å². The predicted molar refractivity (Wildman–Crippen MR) is 34.6 cm³/mol. The molecule has 0 aliphatic rings. The third-order valence-electron chi connectivity index (χ3n) is 1.21. The van der Waals surface area contributed by atoms with E-state index in [1.807, 2.05) is 6.07 Å². The van der Waals surface area contributed by atoms with E-state index in [1.54, 1.807) is 6.20 Å². The van der Waals surface area contributed by atoms with Crippen molar-refractivity contribution < 1.29 is 5.11 Å². The number of hydrogen-bond donors (Lipinski definition) is 3. The van der Waals surface area contributed by atoms with Crippen LogP contribution in [0.1, 0.15) is 11.3 Å². The Morgan fingerprint density at radius 1 is 1.67 bits per heavy atom. The molecule has 1 aromatic rings. The number of rotatable bonds is 2. The lowest BCUT2D eigenvalue weighted by atomic mass is 10.3. The molecular weight excluding hydrogens is 116 g/mol. The summed E-state index contributed by atoms with van der Waals surface area (Å²) in [6, 6.07) is 1.85. The van der Waals surface area contributed by atoms with E-state index in [9.17, 15) is 0 Å². The second-order valence-corrected chi connectivity index (χ2v) is 1.90. The first-order valence-corrected chi connectivity index (χ1v) is 2.84. The molecule has 0 aliphatic heterocycles. The Labute approximate surface area is 53.5 Å². The molecule has 0 saturated carbocycles. The maximum Gasteiger partial charge on any atom is 0.0696 e. The second-order valence-electron chi connectivity index (χ2n) is 1.90. The minimum Gasteiger partial charge on any atom is -0.392 e. The largest absolute Gasteiger partial charge is 0.392 e. The summed E-state index contributed by atoms with van der Waals surface area (Å²) in [4.78, 5) is 2.92. The molecule has 3 heteroatoms. The van der Waals surface area contributed by atoms with Gasteiger partial charge in [-0.25, -0.2) is 0 Å². The molecule has 0 amide bonds. The van der Waals surface area contributed by atoms with E-state index >= 15 is 0 Å². The minimum absolute atomic E-state index is 0.0799. The van der Waals surface area contributed by atoms with Gasteiger partial charge in [0.05, 0.1) is 6.61 Å². The lowest BCUT2D eigenvalue weighted by molar-refractivity contribution is 0.282. The van der Waals surface area contributed by atoms with Crippen molar-refractivity contribution in [3.63, 3.8) is 0 Å². The summed E-state index contributed by atoms with van der Waals surface area (Å²) in [6.07, 6.45) is 1.75. The summed E-state index contributed by atoms with van der Waals surface area (Å²) in [5, 5.41) is 8.59. The van der Waals surface area contributed by atoms with Crippen LogP contribution >= 0.6 is 0 Å². The molecule has 0 radical (unpaired) electrons. The van der Waals surface area contributed by atoms with Crippen molar-refractivity contribution in [3.05, 3.63) is 23.5 Å². The van der Waals surface area contributed by atoms with Gasteiger partial charge in [0, 0.05) is 18.4 Å². The molecule has 50 valence electrons. The highest BCUT2D eigenvalue weighted by atomic mass is 16.3. The van der Waals surface area contributed by atoms with Crippen molar-refractivity contribution in [2.45, 2.75) is 13.2 Å². The van der Waals surface area contributed by atoms with E-state index in [0.29, 0.717) is 6.54 Å². The molecule has 1 heterocycles. The summed E-state index contributed by atoms with van der Waals surface area (Å²) in [5.41, 5.74) is 7.15. The maximum atomic E-state index is 8.59. The Bertz CT molecular complexity index is 164. The second kappa shape index (κ2) is 2.66. The molecule has 0 aliphatic carbocycles.